The smallest absolute Gasteiger partial charge is 0.127 e. The number of hydrogen-bond acceptors (Lipinski definition) is 3. The molecule has 3 heteroatoms. The zero-order valence-corrected chi connectivity index (χ0v) is 10.3. The minimum absolute atomic E-state index is 0.248. The van der Waals surface area contributed by atoms with Crippen LogP contribution in [0, 0.1) is 0 Å². The van der Waals surface area contributed by atoms with Crippen LogP contribution in [-0.4, -0.2) is 13.2 Å². The molecule has 0 heterocycles. The molecular weight excluding hydrogens is 202 g/mol. The third-order valence-corrected chi connectivity index (χ3v) is 2.70. The fourth-order valence-corrected chi connectivity index (χ4v) is 1.58. The maximum atomic E-state index is 5.92. The first kappa shape index (κ1) is 12.8. The average Bonchev–Trinajstić information content (AvgIpc) is 2.35. The van der Waals surface area contributed by atoms with Gasteiger partial charge < -0.3 is 15.2 Å². The number of nitrogens with two attached hydrogens (primary N) is 1. The fourth-order valence-electron chi connectivity index (χ4n) is 1.58. The molecule has 0 aliphatic carbocycles. The van der Waals surface area contributed by atoms with Crippen molar-refractivity contribution < 1.29 is 9.47 Å². The second kappa shape index (κ2) is 6.38. The lowest BCUT2D eigenvalue weighted by atomic mass is 10.1. The Morgan fingerprint density at radius 2 is 1.94 bits per heavy atom. The number of methoxy groups -OCH3 is 1. The first-order valence-corrected chi connectivity index (χ1v) is 5.78. The maximum Gasteiger partial charge on any atom is 0.127 e. The Bertz CT molecular complexity index is 322. The lowest BCUT2D eigenvalue weighted by Gasteiger charge is -2.18. The summed E-state index contributed by atoms with van der Waals surface area (Å²) in [5, 5.41) is 0. The van der Waals surface area contributed by atoms with E-state index in [1.54, 1.807) is 7.11 Å². The topological polar surface area (TPSA) is 44.5 Å². The molecule has 0 saturated carbocycles. The van der Waals surface area contributed by atoms with Crippen LogP contribution in [0.5, 0.6) is 11.5 Å². The van der Waals surface area contributed by atoms with E-state index in [4.69, 9.17) is 15.2 Å². The van der Waals surface area contributed by atoms with Gasteiger partial charge in [0.15, 0.2) is 0 Å². The van der Waals surface area contributed by atoms with Gasteiger partial charge in [0.1, 0.15) is 11.5 Å². The largest absolute Gasteiger partial charge is 0.497 e. The molecule has 1 aromatic rings. The molecule has 16 heavy (non-hydrogen) atoms. The van der Waals surface area contributed by atoms with E-state index >= 15 is 0 Å². The Morgan fingerprint density at radius 3 is 2.44 bits per heavy atom. The molecule has 0 aliphatic heterocycles. The zero-order valence-electron chi connectivity index (χ0n) is 10.3. The highest BCUT2D eigenvalue weighted by molar-refractivity contribution is 5.40. The summed E-state index contributed by atoms with van der Waals surface area (Å²) in [6, 6.07) is 5.76. The molecule has 0 radical (unpaired) electrons. The van der Waals surface area contributed by atoms with Crippen molar-refractivity contribution in [2.75, 3.05) is 7.11 Å². The number of benzene rings is 1. The summed E-state index contributed by atoms with van der Waals surface area (Å²) in [6.07, 6.45) is 2.24. The van der Waals surface area contributed by atoms with Gasteiger partial charge in [-0.3, -0.25) is 0 Å². The number of hydrogen-bond donors (Lipinski definition) is 1. The fraction of sp³-hybridized carbons (Fsp3) is 0.538. The normalized spacial score (nSPS) is 10.6. The van der Waals surface area contributed by atoms with Crippen molar-refractivity contribution in [3.8, 4) is 11.5 Å². The molecule has 3 nitrogen and oxygen atoms in total. The predicted molar refractivity (Wildman–Crippen MR) is 65.9 cm³/mol. The van der Waals surface area contributed by atoms with E-state index in [1.807, 2.05) is 18.2 Å². The second-order valence-electron chi connectivity index (χ2n) is 3.73. The van der Waals surface area contributed by atoms with E-state index < -0.39 is 0 Å². The van der Waals surface area contributed by atoms with Gasteiger partial charge in [0.2, 0.25) is 0 Å². The van der Waals surface area contributed by atoms with Crippen molar-refractivity contribution in [3.05, 3.63) is 23.8 Å². The Kier molecular flexibility index (Phi) is 5.12. The molecule has 90 valence electrons. The molecule has 0 aromatic heterocycles. The van der Waals surface area contributed by atoms with E-state index in [2.05, 4.69) is 13.8 Å². The summed E-state index contributed by atoms with van der Waals surface area (Å²) in [5.41, 5.74) is 6.70. The van der Waals surface area contributed by atoms with Crippen LogP contribution in [0.1, 0.15) is 32.3 Å². The monoisotopic (exact) mass is 223 g/mol. The summed E-state index contributed by atoms with van der Waals surface area (Å²) in [7, 11) is 1.65. The van der Waals surface area contributed by atoms with Crippen molar-refractivity contribution in [3.63, 3.8) is 0 Å². The summed E-state index contributed by atoms with van der Waals surface area (Å²) in [4.78, 5) is 0. The van der Waals surface area contributed by atoms with Gasteiger partial charge in [0, 0.05) is 18.2 Å². The summed E-state index contributed by atoms with van der Waals surface area (Å²) in [5.74, 6) is 1.65. The van der Waals surface area contributed by atoms with Gasteiger partial charge in [0.05, 0.1) is 13.2 Å². The van der Waals surface area contributed by atoms with Crippen LogP contribution in [0.2, 0.25) is 0 Å². The molecule has 0 amide bonds. The zero-order chi connectivity index (χ0) is 12.0. The summed E-state index contributed by atoms with van der Waals surface area (Å²) >= 11 is 0. The molecule has 0 aliphatic rings. The minimum Gasteiger partial charge on any atom is -0.497 e. The summed E-state index contributed by atoms with van der Waals surface area (Å²) < 4.78 is 11.1. The van der Waals surface area contributed by atoms with E-state index in [0.29, 0.717) is 6.54 Å². The average molecular weight is 223 g/mol. The Hall–Kier alpha value is -1.22. The highest BCUT2D eigenvalue weighted by Crippen LogP contribution is 2.26. The molecule has 0 spiro atoms. The third kappa shape index (κ3) is 3.14. The number of rotatable bonds is 6. The number of ether oxygens (including phenoxy) is 2. The van der Waals surface area contributed by atoms with Crippen LogP contribution in [0.3, 0.4) is 0 Å². The van der Waals surface area contributed by atoms with Gasteiger partial charge in [-0.25, -0.2) is 0 Å². The first-order chi connectivity index (χ1) is 7.74. The predicted octanol–water partition coefficient (Wildman–Crippen LogP) is 2.72. The maximum absolute atomic E-state index is 5.92. The van der Waals surface area contributed by atoms with E-state index in [9.17, 15) is 0 Å². The van der Waals surface area contributed by atoms with Gasteiger partial charge in [-0.15, -0.1) is 0 Å². The van der Waals surface area contributed by atoms with Gasteiger partial charge >= 0.3 is 0 Å². The highest BCUT2D eigenvalue weighted by Gasteiger charge is 2.09. The SMILES string of the molecule is CCC(CC)Oc1cc(OC)ccc1CN. The van der Waals surface area contributed by atoms with Crippen LogP contribution >= 0.6 is 0 Å². The molecule has 1 aromatic carbocycles. The lowest BCUT2D eigenvalue weighted by molar-refractivity contribution is 0.190. The Morgan fingerprint density at radius 1 is 1.25 bits per heavy atom. The van der Waals surface area contributed by atoms with Gasteiger partial charge in [-0.05, 0) is 18.9 Å². The van der Waals surface area contributed by atoms with Crippen molar-refractivity contribution >= 4 is 0 Å². The third-order valence-electron chi connectivity index (χ3n) is 2.70. The molecule has 0 saturated heterocycles. The van der Waals surface area contributed by atoms with Gasteiger partial charge in [-0.1, -0.05) is 19.9 Å². The quantitative estimate of drug-likeness (QED) is 0.806. The van der Waals surface area contributed by atoms with Crippen LogP contribution in [-0.2, 0) is 6.54 Å². The van der Waals surface area contributed by atoms with E-state index in [0.717, 1.165) is 29.9 Å². The van der Waals surface area contributed by atoms with Crippen molar-refractivity contribution in [2.45, 2.75) is 39.3 Å². The molecule has 0 atom stereocenters. The molecular formula is C13H21NO2. The molecule has 0 fully saturated rings. The lowest BCUT2D eigenvalue weighted by Crippen LogP contribution is -2.15. The van der Waals surface area contributed by atoms with Crippen molar-refractivity contribution in [1.82, 2.24) is 0 Å². The first-order valence-electron chi connectivity index (χ1n) is 5.78. The van der Waals surface area contributed by atoms with E-state index in [1.165, 1.54) is 0 Å². The van der Waals surface area contributed by atoms with Crippen LogP contribution in [0.4, 0.5) is 0 Å². The van der Waals surface area contributed by atoms with Gasteiger partial charge in [-0.2, -0.15) is 0 Å². The van der Waals surface area contributed by atoms with E-state index in [-0.39, 0.29) is 6.10 Å². The summed E-state index contributed by atoms with van der Waals surface area (Å²) in [6.45, 7) is 4.73. The molecule has 0 unspecified atom stereocenters. The van der Waals surface area contributed by atoms with Crippen LogP contribution in [0.15, 0.2) is 18.2 Å². The van der Waals surface area contributed by atoms with Crippen molar-refractivity contribution in [1.29, 1.82) is 0 Å². The van der Waals surface area contributed by atoms with Crippen LogP contribution < -0.4 is 15.2 Å². The minimum atomic E-state index is 0.248. The highest BCUT2D eigenvalue weighted by atomic mass is 16.5. The second-order valence-corrected chi connectivity index (χ2v) is 3.73. The molecule has 0 bridgehead atoms. The standard InChI is InChI=1S/C13H21NO2/c1-4-11(5-2)16-13-8-12(15-3)7-6-10(13)9-14/h6-8,11H,4-5,9,14H2,1-3H3. The van der Waals surface area contributed by atoms with Crippen LogP contribution in [0.25, 0.3) is 0 Å². The van der Waals surface area contributed by atoms with Gasteiger partial charge in [0.25, 0.3) is 0 Å². The Balaban J connectivity index is 2.90. The Labute approximate surface area is 97.6 Å². The molecule has 2 N–H and O–H groups in total. The molecule has 1 rings (SSSR count). The van der Waals surface area contributed by atoms with Crippen molar-refractivity contribution in [2.24, 2.45) is 5.73 Å².